The summed E-state index contributed by atoms with van der Waals surface area (Å²) in [4.78, 5) is 24.3. The van der Waals surface area contributed by atoms with Crippen LogP contribution in [0.25, 0.3) is 0 Å². The number of benzene rings is 2. The van der Waals surface area contributed by atoms with Crippen molar-refractivity contribution in [3.63, 3.8) is 0 Å². The number of hydrogen-bond donors (Lipinski definition) is 2. The van der Waals surface area contributed by atoms with Crippen molar-refractivity contribution >= 4 is 48.7 Å². The van der Waals surface area contributed by atoms with Crippen LogP contribution in [0.1, 0.15) is 78.4 Å². The fourth-order valence-corrected chi connectivity index (χ4v) is 9.08. The van der Waals surface area contributed by atoms with Crippen LogP contribution < -0.4 is 4.90 Å². The van der Waals surface area contributed by atoms with Crippen LogP contribution in [0, 0.1) is 25.6 Å². The molecule has 0 fully saturated rings. The quantitative estimate of drug-likeness (QED) is 0.0813. The van der Waals surface area contributed by atoms with E-state index in [-0.39, 0.29) is 42.7 Å². The molecule has 0 amide bonds. The van der Waals surface area contributed by atoms with E-state index in [0.29, 0.717) is 0 Å². The minimum atomic E-state index is -4.17. The van der Waals surface area contributed by atoms with Gasteiger partial charge in [-0.15, -0.1) is 0 Å². The highest BCUT2D eigenvalue weighted by Crippen LogP contribution is 2.49. The summed E-state index contributed by atoms with van der Waals surface area (Å²) in [5.41, 5.74) is 5.33. The molecular formula is C40H49N4O10S2+. The second-order valence-corrected chi connectivity index (χ2v) is 19.5. The number of hydrogen-bond acceptors (Lipinski definition) is 9. The third-order valence-electron chi connectivity index (χ3n) is 10.6. The van der Waals surface area contributed by atoms with Gasteiger partial charge >= 0.3 is 0 Å². The number of allylic oxidation sites excluding steroid dienone is 10. The van der Waals surface area contributed by atoms with E-state index in [1.807, 2.05) is 73.6 Å². The molecule has 0 spiro atoms. The Hall–Kier alpha value is -4.77. The van der Waals surface area contributed by atoms with E-state index < -0.39 is 52.4 Å². The first-order valence-corrected chi connectivity index (χ1v) is 21.5. The normalized spacial score (nSPS) is 20.3. The number of rotatable bonds is 14. The van der Waals surface area contributed by atoms with Gasteiger partial charge in [0.05, 0.1) is 26.8 Å². The van der Waals surface area contributed by atoms with E-state index in [1.54, 1.807) is 24.3 Å². The molecule has 3 aliphatic rings. The Kier molecular flexibility index (Phi) is 11.8. The Morgan fingerprint density at radius 3 is 2.00 bits per heavy atom. The molecule has 0 saturated heterocycles. The van der Waals surface area contributed by atoms with E-state index in [4.69, 9.17) is 0 Å². The number of nitro benzene ring substituents is 2. The molecule has 0 unspecified atom stereocenters. The molecular weight excluding hydrogens is 761 g/mol. The van der Waals surface area contributed by atoms with Crippen molar-refractivity contribution < 1.29 is 40.4 Å². The standard InChI is InChI=1S/C40H48N4O10S2/c1-38(2)26-28(11-7-13-36-39(3,4)32-24-30(43(45)46)15-17-34(32)41(36)19-9-21-55(49,50)51)23-29(27-38)12-8-14-37-40(5,6)33-25-31(44(47)48)16-18-35(33)42(37)20-10-22-56(52,53)54/h7-8,11-18,23-25H,9-10,19-22,26-27H2,1-6H3,(H-,49,50,51,52,53,54)/p+1. The van der Waals surface area contributed by atoms with Gasteiger partial charge in [-0.2, -0.15) is 21.4 Å². The summed E-state index contributed by atoms with van der Waals surface area (Å²) < 4.78 is 66.7. The van der Waals surface area contributed by atoms with E-state index in [1.165, 1.54) is 12.1 Å². The van der Waals surface area contributed by atoms with Crippen LogP contribution in [0.3, 0.4) is 0 Å². The molecule has 0 saturated carbocycles. The SMILES string of the molecule is CC1(C)CC(/C=C/C=C2/N(CCCS(=O)(=O)O)c3ccc([N+](=O)[O-])cc3C2(C)C)=CC(=C/C=C/C2=[N+](CCCS(=O)(=O)O)c3ccc([N+](=O)[O-])cc3C2(C)C)/C1. The van der Waals surface area contributed by atoms with Crippen molar-refractivity contribution in [3.05, 3.63) is 127 Å². The molecule has 56 heavy (non-hydrogen) atoms. The molecule has 14 nitrogen and oxygen atoms in total. The molecule has 2 heterocycles. The fourth-order valence-electron chi connectivity index (χ4n) is 8.09. The third kappa shape index (κ3) is 9.60. The predicted molar refractivity (Wildman–Crippen MR) is 217 cm³/mol. The van der Waals surface area contributed by atoms with Crippen molar-refractivity contribution in [2.24, 2.45) is 5.41 Å². The Morgan fingerprint density at radius 2 is 1.38 bits per heavy atom. The zero-order chi connectivity index (χ0) is 41.4. The molecule has 1 aliphatic carbocycles. The molecule has 300 valence electrons. The number of nitro groups is 2. The summed E-state index contributed by atoms with van der Waals surface area (Å²) in [5.74, 6) is -0.835. The molecule has 16 heteroatoms. The summed E-state index contributed by atoms with van der Waals surface area (Å²) in [6.07, 6.45) is 15.8. The molecule has 2 aromatic carbocycles. The first kappa shape index (κ1) is 42.4. The van der Waals surface area contributed by atoms with Gasteiger partial charge in [-0.1, -0.05) is 58.1 Å². The monoisotopic (exact) mass is 809 g/mol. The zero-order valence-corrected chi connectivity index (χ0v) is 34.1. The lowest BCUT2D eigenvalue weighted by Gasteiger charge is -2.30. The van der Waals surface area contributed by atoms with Crippen LogP contribution in [-0.2, 0) is 31.1 Å². The van der Waals surface area contributed by atoms with Crippen molar-refractivity contribution in [1.82, 2.24) is 0 Å². The largest absolute Gasteiger partial charge is 0.344 e. The van der Waals surface area contributed by atoms with E-state index >= 15 is 0 Å². The van der Waals surface area contributed by atoms with Crippen LogP contribution in [0.5, 0.6) is 0 Å². The van der Waals surface area contributed by atoms with Gasteiger partial charge in [0.1, 0.15) is 6.54 Å². The van der Waals surface area contributed by atoms with E-state index in [2.05, 4.69) is 19.9 Å². The summed E-state index contributed by atoms with van der Waals surface area (Å²) in [6, 6.07) is 9.32. The number of nitrogens with zero attached hydrogens (tertiary/aromatic N) is 4. The lowest BCUT2D eigenvalue weighted by molar-refractivity contribution is -0.437. The van der Waals surface area contributed by atoms with E-state index in [0.717, 1.165) is 57.9 Å². The van der Waals surface area contributed by atoms with Crippen LogP contribution in [-0.4, -0.2) is 70.7 Å². The van der Waals surface area contributed by atoms with Gasteiger partial charge in [-0.25, -0.2) is 0 Å². The Bertz CT molecular complexity index is 2370. The molecule has 2 aliphatic heterocycles. The smallest absolute Gasteiger partial charge is 0.270 e. The number of fused-ring (bicyclic) bond motifs is 2. The lowest BCUT2D eigenvalue weighted by atomic mass is 9.75. The van der Waals surface area contributed by atoms with Gasteiger partial charge < -0.3 is 4.90 Å². The molecule has 2 aromatic rings. The highest BCUT2D eigenvalue weighted by atomic mass is 32.2. The molecule has 0 bridgehead atoms. The maximum atomic E-state index is 11.6. The number of anilines is 1. The first-order valence-electron chi connectivity index (χ1n) is 18.3. The Balaban J connectivity index is 1.46. The van der Waals surface area contributed by atoms with Crippen LogP contribution >= 0.6 is 0 Å². The van der Waals surface area contributed by atoms with Crippen LogP contribution in [0.15, 0.2) is 95.8 Å². The minimum Gasteiger partial charge on any atom is -0.344 e. The van der Waals surface area contributed by atoms with Gasteiger partial charge in [0.15, 0.2) is 5.71 Å². The van der Waals surface area contributed by atoms with Gasteiger partial charge in [0.2, 0.25) is 5.69 Å². The zero-order valence-electron chi connectivity index (χ0n) is 32.4. The number of non-ortho nitro benzene ring substituents is 2. The van der Waals surface area contributed by atoms with Crippen LogP contribution in [0.2, 0.25) is 0 Å². The summed E-state index contributed by atoms with van der Waals surface area (Å²) >= 11 is 0. The molecule has 5 rings (SSSR count). The average Bonchev–Trinajstić information content (AvgIpc) is 3.40. The maximum absolute atomic E-state index is 11.6. The van der Waals surface area contributed by atoms with E-state index in [9.17, 15) is 46.2 Å². The van der Waals surface area contributed by atoms with Gasteiger partial charge in [0, 0.05) is 71.7 Å². The third-order valence-corrected chi connectivity index (χ3v) is 12.2. The van der Waals surface area contributed by atoms with Crippen molar-refractivity contribution in [1.29, 1.82) is 0 Å². The minimum absolute atomic E-state index is 0.0391. The molecule has 0 atom stereocenters. The Labute approximate surface area is 328 Å². The second kappa shape index (κ2) is 15.6. The van der Waals surface area contributed by atoms with Crippen molar-refractivity contribution in [3.8, 4) is 0 Å². The summed E-state index contributed by atoms with van der Waals surface area (Å²) in [6.45, 7) is 12.8. The summed E-state index contributed by atoms with van der Waals surface area (Å²) in [5, 5.41) is 23.2. The van der Waals surface area contributed by atoms with Crippen molar-refractivity contribution in [2.45, 2.75) is 78.1 Å². The lowest BCUT2D eigenvalue weighted by Crippen LogP contribution is -2.28. The molecule has 0 aromatic heterocycles. The second-order valence-electron chi connectivity index (χ2n) is 16.4. The van der Waals surface area contributed by atoms with Gasteiger partial charge in [0.25, 0.3) is 31.6 Å². The highest BCUT2D eigenvalue weighted by molar-refractivity contribution is 7.86. The van der Waals surface area contributed by atoms with Crippen LogP contribution in [0.4, 0.5) is 22.7 Å². The topological polar surface area (TPSA) is 201 Å². The van der Waals surface area contributed by atoms with Gasteiger partial charge in [-0.05, 0) is 67.4 Å². The fraction of sp³-hybridized carbons (Fsp3) is 0.425. The Morgan fingerprint density at radius 1 is 0.786 bits per heavy atom. The predicted octanol–water partition coefficient (Wildman–Crippen LogP) is 7.90. The highest BCUT2D eigenvalue weighted by Gasteiger charge is 2.45. The average molecular weight is 810 g/mol. The van der Waals surface area contributed by atoms with Crippen molar-refractivity contribution in [2.75, 3.05) is 29.5 Å². The molecule has 2 N–H and O–H groups in total. The van der Waals surface area contributed by atoms with Gasteiger partial charge in [-0.3, -0.25) is 29.3 Å². The summed E-state index contributed by atoms with van der Waals surface area (Å²) in [7, 11) is -8.35. The first-order chi connectivity index (χ1) is 25.9. The molecule has 0 radical (unpaired) electrons. The maximum Gasteiger partial charge on any atom is 0.270 e.